The van der Waals surface area contributed by atoms with Crippen molar-refractivity contribution in [3.8, 4) is 16.9 Å². The third kappa shape index (κ3) is 2.65. The van der Waals surface area contributed by atoms with Crippen molar-refractivity contribution in [2.45, 2.75) is 19.9 Å². The van der Waals surface area contributed by atoms with Gasteiger partial charge in [-0.1, -0.05) is 0 Å². The number of nitrogens with zero attached hydrogens (tertiary/aromatic N) is 5. The second kappa shape index (κ2) is 6.56. The van der Waals surface area contributed by atoms with Crippen LogP contribution in [0.25, 0.3) is 16.8 Å². The van der Waals surface area contributed by atoms with Crippen LogP contribution in [0.3, 0.4) is 0 Å². The minimum absolute atomic E-state index is 0.254. The van der Waals surface area contributed by atoms with Gasteiger partial charge in [0.05, 0.1) is 12.8 Å². The Balaban J connectivity index is 1.51. The van der Waals surface area contributed by atoms with Gasteiger partial charge >= 0.3 is 0 Å². The van der Waals surface area contributed by atoms with Crippen molar-refractivity contribution in [3.63, 3.8) is 0 Å². The number of benzene rings is 1. The maximum Gasteiger partial charge on any atom is 0.210 e. The molecule has 28 heavy (non-hydrogen) atoms. The van der Waals surface area contributed by atoms with Crippen LogP contribution in [0.2, 0.25) is 0 Å². The van der Waals surface area contributed by atoms with Gasteiger partial charge < -0.3 is 10.1 Å². The largest absolute Gasteiger partial charge is 0.493 e. The van der Waals surface area contributed by atoms with E-state index in [0.717, 1.165) is 28.0 Å². The second-order valence-electron chi connectivity index (χ2n) is 6.60. The van der Waals surface area contributed by atoms with Gasteiger partial charge in [0.25, 0.3) is 0 Å². The summed E-state index contributed by atoms with van der Waals surface area (Å²) in [6.07, 6.45) is 8.57. The summed E-state index contributed by atoms with van der Waals surface area (Å²) in [5.74, 6) is 1.03. The van der Waals surface area contributed by atoms with Gasteiger partial charge in [0, 0.05) is 47.6 Å². The zero-order valence-corrected chi connectivity index (χ0v) is 15.1. The topological polar surface area (TPSA) is 77.2 Å². The quantitative estimate of drug-likeness (QED) is 0.591. The lowest BCUT2D eigenvalue weighted by molar-refractivity contribution is 0.356. The highest BCUT2D eigenvalue weighted by atomic mass is 19.1. The first-order valence-corrected chi connectivity index (χ1v) is 8.91. The molecule has 1 aliphatic heterocycles. The molecule has 0 saturated heterocycles. The summed E-state index contributed by atoms with van der Waals surface area (Å²) in [6.45, 7) is 2.85. The molecule has 0 fully saturated rings. The highest BCUT2D eigenvalue weighted by molar-refractivity contribution is 5.79. The van der Waals surface area contributed by atoms with E-state index in [1.807, 2.05) is 13.0 Å². The number of halogens is 1. The third-order valence-electron chi connectivity index (χ3n) is 4.96. The van der Waals surface area contributed by atoms with Crippen LogP contribution in [-0.4, -0.2) is 31.2 Å². The molecule has 1 aromatic carbocycles. The van der Waals surface area contributed by atoms with Gasteiger partial charge in [-0.15, -0.1) is 10.2 Å². The average molecular weight is 375 g/mol. The first kappa shape index (κ1) is 16.6. The minimum atomic E-state index is -0.254. The number of pyridine rings is 1. The Morgan fingerprint density at radius 3 is 3.11 bits per heavy atom. The Bertz CT molecular complexity index is 1190. The van der Waals surface area contributed by atoms with Crippen LogP contribution in [0.5, 0.6) is 5.75 Å². The number of ether oxygens (including phenoxy) is 1. The lowest BCUT2D eigenvalue weighted by Crippen LogP contribution is -2.09. The van der Waals surface area contributed by atoms with E-state index in [4.69, 9.17) is 4.74 Å². The van der Waals surface area contributed by atoms with Gasteiger partial charge in [-0.25, -0.2) is 9.37 Å². The van der Waals surface area contributed by atoms with E-state index in [0.29, 0.717) is 36.7 Å². The number of aromatic nitrogens is 5. The van der Waals surface area contributed by atoms with Gasteiger partial charge in [0.2, 0.25) is 5.95 Å². The fourth-order valence-corrected chi connectivity index (χ4v) is 3.51. The molecule has 0 atom stereocenters. The molecule has 0 amide bonds. The lowest BCUT2D eigenvalue weighted by atomic mass is 10.0. The van der Waals surface area contributed by atoms with Crippen LogP contribution in [0.15, 0.2) is 36.9 Å². The van der Waals surface area contributed by atoms with Crippen molar-refractivity contribution in [3.05, 3.63) is 65.6 Å². The summed E-state index contributed by atoms with van der Waals surface area (Å²) in [4.78, 5) is 8.59. The Morgan fingerprint density at radius 2 is 2.21 bits per heavy atom. The summed E-state index contributed by atoms with van der Waals surface area (Å²) in [7, 11) is 0. The smallest absolute Gasteiger partial charge is 0.210 e. The first-order chi connectivity index (χ1) is 13.7. The monoisotopic (exact) mass is 375 g/mol. The number of hydrogen-bond donors (Lipinski definition) is 1. The first-order valence-electron chi connectivity index (χ1n) is 8.91. The molecule has 0 aliphatic carbocycles. The van der Waals surface area contributed by atoms with Crippen molar-refractivity contribution in [2.24, 2.45) is 0 Å². The molecule has 4 aromatic rings. The van der Waals surface area contributed by atoms with E-state index in [1.165, 1.54) is 6.07 Å². The van der Waals surface area contributed by atoms with Crippen molar-refractivity contribution >= 4 is 11.6 Å². The Labute approximate surface area is 160 Å². The SMILES string of the molecule is Cc1c[c]ncc1-c1cnc(NCc2c(F)ccc3c2CCO3)n2cnnc12. The van der Waals surface area contributed by atoms with Crippen LogP contribution < -0.4 is 10.1 Å². The van der Waals surface area contributed by atoms with Crippen LogP contribution in [0.4, 0.5) is 10.3 Å². The summed E-state index contributed by atoms with van der Waals surface area (Å²) < 4.78 is 21.7. The molecule has 0 saturated carbocycles. The molecule has 1 radical (unpaired) electrons. The van der Waals surface area contributed by atoms with E-state index >= 15 is 0 Å². The molecule has 5 rings (SSSR count). The van der Waals surface area contributed by atoms with Crippen molar-refractivity contribution < 1.29 is 9.13 Å². The van der Waals surface area contributed by atoms with Crippen molar-refractivity contribution in [1.29, 1.82) is 0 Å². The van der Waals surface area contributed by atoms with Crippen LogP contribution in [0, 0.1) is 18.9 Å². The summed E-state index contributed by atoms with van der Waals surface area (Å²) in [6, 6.07) is 4.93. The molecular formula is C20H16FN6O. The molecule has 3 aromatic heterocycles. The Hall–Kier alpha value is -3.55. The third-order valence-corrected chi connectivity index (χ3v) is 4.96. The molecule has 4 heterocycles. The minimum Gasteiger partial charge on any atom is -0.493 e. The van der Waals surface area contributed by atoms with E-state index < -0.39 is 0 Å². The number of anilines is 1. The van der Waals surface area contributed by atoms with Gasteiger partial charge in [-0.3, -0.25) is 9.38 Å². The van der Waals surface area contributed by atoms with Gasteiger partial charge in [-0.2, -0.15) is 0 Å². The number of hydrogen-bond acceptors (Lipinski definition) is 6. The van der Waals surface area contributed by atoms with E-state index in [9.17, 15) is 4.39 Å². The van der Waals surface area contributed by atoms with Gasteiger partial charge in [-0.05, 0) is 30.7 Å². The molecule has 0 unspecified atom stereocenters. The number of aryl methyl sites for hydroxylation is 1. The highest BCUT2D eigenvalue weighted by Crippen LogP contribution is 2.31. The Morgan fingerprint density at radius 1 is 1.29 bits per heavy atom. The molecule has 139 valence electrons. The van der Waals surface area contributed by atoms with E-state index in [-0.39, 0.29) is 5.82 Å². The highest BCUT2D eigenvalue weighted by Gasteiger charge is 2.20. The summed E-state index contributed by atoms with van der Waals surface area (Å²) in [5, 5.41) is 11.5. The standard InChI is InChI=1S/C20H16FN6O/c1-12-4-6-22-8-14(12)16-10-24-20(27-11-25-26-19(16)27)23-9-15-13-5-7-28-18(13)3-2-17(15)21/h2-4,8,10-11H,5,7,9H2,1H3,(H,23,24). The average Bonchev–Trinajstić information content (AvgIpc) is 3.37. The maximum atomic E-state index is 14.4. The predicted octanol–water partition coefficient (Wildman–Crippen LogP) is 2.98. The predicted molar refractivity (Wildman–Crippen MR) is 101 cm³/mol. The summed E-state index contributed by atoms with van der Waals surface area (Å²) in [5.41, 5.74) is 4.91. The van der Waals surface area contributed by atoms with Crippen LogP contribution in [-0.2, 0) is 13.0 Å². The molecular weight excluding hydrogens is 359 g/mol. The van der Waals surface area contributed by atoms with Crippen molar-refractivity contribution in [1.82, 2.24) is 24.6 Å². The molecule has 1 N–H and O–H groups in total. The number of rotatable bonds is 4. The molecule has 0 spiro atoms. The zero-order valence-electron chi connectivity index (χ0n) is 15.1. The maximum absolute atomic E-state index is 14.4. The molecule has 1 aliphatic rings. The van der Waals surface area contributed by atoms with Crippen LogP contribution in [0.1, 0.15) is 16.7 Å². The fraction of sp³-hybridized carbons (Fsp3) is 0.200. The molecule has 7 nitrogen and oxygen atoms in total. The second-order valence-corrected chi connectivity index (χ2v) is 6.60. The van der Waals surface area contributed by atoms with E-state index in [2.05, 4.69) is 31.7 Å². The fourth-order valence-electron chi connectivity index (χ4n) is 3.51. The Kier molecular flexibility index (Phi) is 3.89. The molecule has 8 heteroatoms. The zero-order chi connectivity index (χ0) is 19.1. The molecule has 0 bridgehead atoms. The summed E-state index contributed by atoms with van der Waals surface area (Å²) >= 11 is 0. The normalized spacial score (nSPS) is 12.8. The lowest BCUT2D eigenvalue weighted by Gasteiger charge is -2.13. The van der Waals surface area contributed by atoms with Crippen molar-refractivity contribution in [2.75, 3.05) is 11.9 Å². The number of nitrogens with one attached hydrogen (secondary N) is 1. The van der Waals surface area contributed by atoms with Gasteiger partial charge in [0.15, 0.2) is 5.65 Å². The van der Waals surface area contributed by atoms with E-state index in [1.54, 1.807) is 29.2 Å². The van der Waals surface area contributed by atoms with Gasteiger partial charge in [0.1, 0.15) is 17.9 Å². The van der Waals surface area contributed by atoms with Crippen LogP contribution >= 0.6 is 0 Å². The number of fused-ring (bicyclic) bond motifs is 2.